The number of rotatable bonds is 1. The summed E-state index contributed by atoms with van der Waals surface area (Å²) in [6, 6.07) is 7.46. The number of hydrogen-bond donors (Lipinski definition) is 0. The number of imidazole rings is 1. The second-order valence-corrected chi connectivity index (χ2v) is 8.35. The van der Waals surface area contributed by atoms with Gasteiger partial charge in [0.15, 0.2) is 5.16 Å². The van der Waals surface area contributed by atoms with Crippen LogP contribution in [0.2, 0.25) is 0 Å². The molecule has 1 aromatic heterocycles. The van der Waals surface area contributed by atoms with E-state index in [1.807, 2.05) is 65.8 Å². The van der Waals surface area contributed by atoms with E-state index >= 15 is 0 Å². The molecule has 0 spiro atoms. The summed E-state index contributed by atoms with van der Waals surface area (Å²) in [7, 11) is 0. The summed E-state index contributed by atoms with van der Waals surface area (Å²) in [5.41, 5.74) is 0.429. The highest BCUT2D eigenvalue weighted by Gasteiger charge is 2.30. The van der Waals surface area contributed by atoms with Gasteiger partial charge in [0.2, 0.25) is 11.0 Å². The van der Waals surface area contributed by atoms with Crippen LogP contribution in [0.25, 0.3) is 11.0 Å². The number of carbonyl (C=O) groups excluding carboxylic acids is 2. The van der Waals surface area contributed by atoms with Crippen LogP contribution < -0.4 is 0 Å². The van der Waals surface area contributed by atoms with Gasteiger partial charge < -0.3 is 0 Å². The molecule has 0 radical (unpaired) electrons. The van der Waals surface area contributed by atoms with Crippen LogP contribution in [0.4, 0.5) is 0 Å². The topological polar surface area (TPSA) is 52.0 Å². The molecule has 0 N–H and O–H groups in total. The Morgan fingerprint density at radius 1 is 1.00 bits per heavy atom. The molecule has 0 bridgehead atoms. The number of hydrogen-bond acceptors (Lipinski definition) is 4. The average molecular weight is 318 g/mol. The van der Waals surface area contributed by atoms with E-state index in [1.165, 1.54) is 0 Å². The van der Waals surface area contributed by atoms with Crippen molar-refractivity contribution in [1.82, 2.24) is 9.55 Å². The molecule has 4 nitrogen and oxygen atoms in total. The van der Waals surface area contributed by atoms with Crippen molar-refractivity contribution in [2.75, 3.05) is 0 Å². The molecule has 0 saturated heterocycles. The molecule has 2 rings (SSSR count). The van der Waals surface area contributed by atoms with E-state index in [2.05, 4.69) is 4.98 Å². The standard InChI is InChI=1S/C17H22N2O2S/c1-16(2,3)13(20)19-12-10-8-7-9-11(12)18-15(19)22-14(21)17(4,5)6/h7-10H,1-6H3. The molecule has 5 heteroatoms. The first-order chi connectivity index (χ1) is 10.0. The van der Waals surface area contributed by atoms with Gasteiger partial charge in [0.05, 0.1) is 11.0 Å². The number of benzene rings is 1. The van der Waals surface area contributed by atoms with Crippen LogP contribution in [0, 0.1) is 10.8 Å². The minimum Gasteiger partial charge on any atom is -0.286 e. The first-order valence-corrected chi connectivity index (χ1v) is 8.08. The Labute approximate surface area is 135 Å². The maximum absolute atomic E-state index is 12.8. The van der Waals surface area contributed by atoms with E-state index in [0.29, 0.717) is 5.16 Å². The minimum atomic E-state index is -0.552. The third-order valence-electron chi connectivity index (χ3n) is 3.17. The fraction of sp³-hybridized carbons (Fsp3) is 0.471. The van der Waals surface area contributed by atoms with Crippen molar-refractivity contribution in [3.8, 4) is 0 Å². The van der Waals surface area contributed by atoms with E-state index < -0.39 is 10.8 Å². The molecule has 0 unspecified atom stereocenters. The van der Waals surface area contributed by atoms with Crippen molar-refractivity contribution >= 4 is 33.8 Å². The zero-order valence-corrected chi connectivity index (χ0v) is 14.7. The van der Waals surface area contributed by atoms with Crippen molar-refractivity contribution in [1.29, 1.82) is 0 Å². The number of aromatic nitrogens is 2. The number of para-hydroxylation sites is 2. The molecule has 0 atom stereocenters. The lowest BCUT2D eigenvalue weighted by Crippen LogP contribution is -2.28. The fourth-order valence-electron chi connectivity index (χ4n) is 1.84. The highest BCUT2D eigenvalue weighted by atomic mass is 32.2. The Kier molecular flexibility index (Phi) is 4.22. The molecule has 1 heterocycles. The molecule has 118 valence electrons. The molecule has 0 fully saturated rings. The van der Waals surface area contributed by atoms with E-state index in [9.17, 15) is 9.59 Å². The second-order valence-electron chi connectivity index (χ2n) is 7.41. The SMILES string of the molecule is CC(C)(C)C(=O)Sc1nc2ccccc2n1C(=O)C(C)(C)C. The zero-order valence-electron chi connectivity index (χ0n) is 13.9. The van der Waals surface area contributed by atoms with Gasteiger partial charge in [-0.1, -0.05) is 53.7 Å². The van der Waals surface area contributed by atoms with Crippen molar-refractivity contribution < 1.29 is 9.59 Å². The van der Waals surface area contributed by atoms with Crippen LogP contribution >= 0.6 is 11.8 Å². The van der Waals surface area contributed by atoms with E-state index in [4.69, 9.17) is 0 Å². The van der Waals surface area contributed by atoms with Crippen molar-refractivity contribution in [2.45, 2.75) is 46.7 Å². The molecular weight excluding hydrogens is 296 g/mol. The molecule has 0 amide bonds. The maximum Gasteiger partial charge on any atom is 0.238 e. The van der Waals surface area contributed by atoms with Crippen LogP contribution in [-0.4, -0.2) is 20.6 Å². The number of thioether (sulfide) groups is 1. The summed E-state index contributed by atoms with van der Waals surface area (Å²) < 4.78 is 1.57. The number of fused-ring (bicyclic) bond motifs is 1. The highest BCUT2D eigenvalue weighted by molar-refractivity contribution is 8.13. The fourth-order valence-corrected chi connectivity index (χ4v) is 2.73. The molecule has 0 aliphatic carbocycles. The first-order valence-electron chi connectivity index (χ1n) is 7.26. The van der Waals surface area contributed by atoms with Crippen molar-refractivity contribution in [2.24, 2.45) is 10.8 Å². The monoisotopic (exact) mass is 318 g/mol. The van der Waals surface area contributed by atoms with Gasteiger partial charge in [0, 0.05) is 10.8 Å². The first kappa shape index (κ1) is 16.7. The largest absolute Gasteiger partial charge is 0.286 e. The second kappa shape index (κ2) is 5.54. The Morgan fingerprint density at radius 2 is 1.59 bits per heavy atom. The van der Waals surface area contributed by atoms with Gasteiger partial charge in [-0.05, 0) is 23.9 Å². The molecule has 1 aromatic carbocycles. The van der Waals surface area contributed by atoms with Crippen LogP contribution in [0.15, 0.2) is 29.4 Å². The summed E-state index contributed by atoms with van der Waals surface area (Å²) in [6.07, 6.45) is 0. The smallest absolute Gasteiger partial charge is 0.238 e. The zero-order chi connectivity index (χ0) is 16.7. The van der Waals surface area contributed by atoms with Crippen molar-refractivity contribution in [3.05, 3.63) is 24.3 Å². The normalized spacial score (nSPS) is 12.6. The molecule has 0 aliphatic heterocycles. The molecule has 2 aromatic rings. The number of carbonyl (C=O) groups is 2. The summed E-state index contributed by atoms with van der Waals surface area (Å²) in [4.78, 5) is 29.6. The predicted octanol–water partition coefficient (Wildman–Crippen LogP) is 4.39. The van der Waals surface area contributed by atoms with Crippen LogP contribution in [0.5, 0.6) is 0 Å². The van der Waals surface area contributed by atoms with Gasteiger partial charge in [-0.3, -0.25) is 14.2 Å². The minimum absolute atomic E-state index is 0.00855. The van der Waals surface area contributed by atoms with Gasteiger partial charge in [-0.2, -0.15) is 0 Å². The van der Waals surface area contributed by atoms with Gasteiger partial charge in [0.25, 0.3) is 0 Å². The lowest BCUT2D eigenvalue weighted by Gasteiger charge is -2.20. The van der Waals surface area contributed by atoms with E-state index in [1.54, 1.807) is 4.57 Å². The van der Waals surface area contributed by atoms with Crippen LogP contribution in [0.3, 0.4) is 0 Å². The Hall–Kier alpha value is -1.62. The van der Waals surface area contributed by atoms with Gasteiger partial charge in [-0.15, -0.1) is 0 Å². The Morgan fingerprint density at radius 3 is 2.14 bits per heavy atom. The Bertz CT molecular complexity index is 733. The van der Waals surface area contributed by atoms with Crippen LogP contribution in [0.1, 0.15) is 46.3 Å². The maximum atomic E-state index is 12.8. The quantitative estimate of drug-likeness (QED) is 0.732. The van der Waals surface area contributed by atoms with E-state index in [0.717, 1.165) is 22.8 Å². The van der Waals surface area contributed by atoms with Gasteiger partial charge >= 0.3 is 0 Å². The lowest BCUT2D eigenvalue weighted by atomic mass is 9.95. The summed E-state index contributed by atoms with van der Waals surface area (Å²) in [5.74, 6) is -0.0644. The van der Waals surface area contributed by atoms with Crippen molar-refractivity contribution in [3.63, 3.8) is 0 Å². The lowest BCUT2D eigenvalue weighted by molar-refractivity contribution is -0.117. The Balaban J connectivity index is 2.59. The van der Waals surface area contributed by atoms with Gasteiger partial charge in [-0.25, -0.2) is 4.98 Å². The van der Waals surface area contributed by atoms with Gasteiger partial charge in [0.1, 0.15) is 0 Å². The number of nitrogens with zero attached hydrogens (tertiary/aromatic N) is 2. The summed E-state index contributed by atoms with van der Waals surface area (Å²) in [6.45, 7) is 11.2. The van der Waals surface area contributed by atoms with E-state index in [-0.39, 0.29) is 11.0 Å². The average Bonchev–Trinajstić information content (AvgIpc) is 2.73. The third-order valence-corrected chi connectivity index (χ3v) is 4.43. The molecule has 22 heavy (non-hydrogen) atoms. The molecular formula is C17H22N2O2S. The third kappa shape index (κ3) is 3.24. The highest BCUT2D eigenvalue weighted by Crippen LogP contribution is 2.32. The summed E-state index contributed by atoms with van der Waals surface area (Å²) in [5, 5.41) is 0.437. The molecule has 0 aliphatic rings. The molecule has 0 saturated carbocycles. The predicted molar refractivity (Wildman–Crippen MR) is 90.1 cm³/mol. The van der Waals surface area contributed by atoms with Crippen LogP contribution in [-0.2, 0) is 4.79 Å². The summed E-state index contributed by atoms with van der Waals surface area (Å²) >= 11 is 1.04.